The van der Waals surface area contributed by atoms with E-state index in [-0.39, 0.29) is 67.9 Å². The molecule has 2 bridgehead atoms. The third-order valence-electron chi connectivity index (χ3n) is 14.0. The maximum atomic E-state index is 12.3. The number of esters is 4. The van der Waals surface area contributed by atoms with Crippen LogP contribution in [0, 0.1) is 45.3 Å². The van der Waals surface area contributed by atoms with Crippen LogP contribution in [0.5, 0.6) is 0 Å². The largest absolute Gasteiger partial charge is 0.460 e. The fourth-order valence-corrected chi connectivity index (χ4v) is 7.09. The zero-order valence-electron chi connectivity index (χ0n) is 46.8. The lowest BCUT2D eigenvalue weighted by atomic mass is 9.77. The monoisotopic (exact) mass is 897 g/mol. The lowest BCUT2D eigenvalue weighted by Gasteiger charge is -2.38. The highest BCUT2D eigenvalue weighted by Gasteiger charge is 2.49. The van der Waals surface area contributed by atoms with Crippen LogP contribution in [0.3, 0.4) is 0 Å². The van der Waals surface area contributed by atoms with Crippen molar-refractivity contribution in [1.82, 2.24) is 0 Å². The average molecular weight is 897 g/mol. The molecule has 0 radical (unpaired) electrons. The molecule has 3 aliphatic rings. The Labute approximate surface area is 392 Å². The molecule has 3 atom stereocenters. The van der Waals surface area contributed by atoms with Gasteiger partial charge in [-0.15, -0.1) is 0 Å². The molecule has 63 heavy (non-hydrogen) atoms. The van der Waals surface area contributed by atoms with Gasteiger partial charge in [0, 0.05) is 5.92 Å². The van der Waals surface area contributed by atoms with Crippen LogP contribution in [0.15, 0.2) is 0 Å². The van der Waals surface area contributed by atoms with E-state index in [0.717, 1.165) is 43.9 Å². The molecule has 8 heteroatoms. The summed E-state index contributed by atoms with van der Waals surface area (Å²) in [4.78, 5) is 47.4. The summed E-state index contributed by atoms with van der Waals surface area (Å²) in [6, 6.07) is 0. The van der Waals surface area contributed by atoms with Gasteiger partial charge in [0.1, 0.15) is 22.4 Å². The Bertz CT molecular complexity index is 1320. The van der Waals surface area contributed by atoms with Crippen LogP contribution in [0.25, 0.3) is 0 Å². The molecule has 0 spiro atoms. The van der Waals surface area contributed by atoms with E-state index in [1.54, 1.807) is 0 Å². The van der Waals surface area contributed by atoms with E-state index in [0.29, 0.717) is 11.8 Å². The van der Waals surface area contributed by atoms with Crippen LogP contribution < -0.4 is 0 Å². The molecule has 3 unspecified atom stereocenters. The predicted molar refractivity (Wildman–Crippen MR) is 267 cm³/mol. The Kier molecular flexibility index (Phi) is 28.4. The molecular formula is C55H108O8. The second-order valence-corrected chi connectivity index (χ2v) is 23.2. The van der Waals surface area contributed by atoms with Gasteiger partial charge in [-0.3, -0.25) is 19.2 Å². The first-order valence-corrected chi connectivity index (χ1v) is 25.4. The predicted octanol–water partition coefficient (Wildman–Crippen LogP) is 16.1. The number of hydrogen-bond acceptors (Lipinski definition) is 8. The van der Waals surface area contributed by atoms with Crippen LogP contribution in [-0.4, -0.2) is 46.3 Å². The van der Waals surface area contributed by atoms with E-state index in [9.17, 15) is 19.2 Å². The van der Waals surface area contributed by atoms with Crippen LogP contribution in [0.4, 0.5) is 0 Å². The van der Waals surface area contributed by atoms with Gasteiger partial charge in [-0.25, -0.2) is 0 Å². The molecule has 0 aromatic rings. The lowest BCUT2D eigenvalue weighted by Crippen LogP contribution is -2.42. The van der Waals surface area contributed by atoms with E-state index < -0.39 is 0 Å². The summed E-state index contributed by atoms with van der Waals surface area (Å²) < 4.78 is 22.3. The summed E-state index contributed by atoms with van der Waals surface area (Å²) in [7, 11) is 0. The summed E-state index contributed by atoms with van der Waals surface area (Å²) in [5.74, 6) is 2.53. The van der Waals surface area contributed by atoms with Gasteiger partial charge in [-0.1, -0.05) is 81.6 Å². The van der Waals surface area contributed by atoms with Crippen LogP contribution >= 0.6 is 0 Å². The first kappa shape index (κ1) is 65.2. The van der Waals surface area contributed by atoms with Crippen molar-refractivity contribution in [3.8, 4) is 0 Å². The molecule has 0 aromatic carbocycles. The SMILES string of the molecule is CC.CC.CCC(C)(C)C(=O)OC(C)(C)C.CCC(C)(C)C(=O)OC(C)(C)C1CC2CCC1C2.CCC(C)(C)C(=O)OC(C)(C)C1CCCC1.CCC(C)(C)OC(=O)C(C)(C)CC. The van der Waals surface area contributed by atoms with Gasteiger partial charge >= 0.3 is 23.9 Å². The number of carbonyl (C=O) groups is 4. The van der Waals surface area contributed by atoms with Crippen LogP contribution in [0.2, 0.25) is 0 Å². The number of ether oxygens (including phenoxy) is 4. The van der Waals surface area contributed by atoms with E-state index >= 15 is 0 Å². The second-order valence-electron chi connectivity index (χ2n) is 23.2. The Hall–Kier alpha value is -2.12. The van der Waals surface area contributed by atoms with Crippen molar-refractivity contribution in [2.75, 3.05) is 0 Å². The third-order valence-corrected chi connectivity index (χ3v) is 14.0. The highest BCUT2D eigenvalue weighted by Crippen LogP contribution is 2.53. The fraction of sp³-hybridized carbons (Fsp3) is 0.927. The van der Waals surface area contributed by atoms with Gasteiger partial charge in [0.25, 0.3) is 0 Å². The molecule has 0 aromatic heterocycles. The highest BCUT2D eigenvalue weighted by molar-refractivity contribution is 5.77. The summed E-state index contributed by atoms with van der Waals surface area (Å²) in [5.41, 5.74) is -2.69. The molecule has 0 amide bonds. The van der Waals surface area contributed by atoms with Gasteiger partial charge in [0.2, 0.25) is 0 Å². The van der Waals surface area contributed by atoms with E-state index in [4.69, 9.17) is 18.9 Å². The summed E-state index contributed by atoms with van der Waals surface area (Å²) in [5, 5.41) is 0. The van der Waals surface area contributed by atoms with E-state index in [1.165, 1.54) is 51.4 Å². The first-order valence-electron chi connectivity index (χ1n) is 25.4. The third kappa shape index (κ3) is 23.3. The normalized spacial score (nSPS) is 19.1. The van der Waals surface area contributed by atoms with E-state index in [1.807, 2.05) is 152 Å². The van der Waals surface area contributed by atoms with Gasteiger partial charge in [-0.2, -0.15) is 0 Å². The molecule has 3 saturated carbocycles. The second kappa shape index (κ2) is 27.5. The quantitative estimate of drug-likeness (QED) is 0.125. The number of rotatable bonds is 14. The van der Waals surface area contributed by atoms with Crippen molar-refractivity contribution in [3.63, 3.8) is 0 Å². The first-order chi connectivity index (χ1) is 28.5. The molecule has 376 valence electrons. The van der Waals surface area contributed by atoms with Gasteiger partial charge < -0.3 is 18.9 Å². The molecule has 0 aliphatic heterocycles. The highest BCUT2D eigenvalue weighted by atomic mass is 16.6. The minimum absolute atomic E-state index is 0.0298. The van der Waals surface area contributed by atoms with Gasteiger partial charge in [0.15, 0.2) is 0 Å². The summed E-state index contributed by atoms with van der Waals surface area (Å²) in [6.07, 6.45) is 14.4. The zero-order chi connectivity index (χ0) is 50.6. The van der Waals surface area contributed by atoms with Crippen LogP contribution in [0.1, 0.15) is 263 Å². The molecule has 0 saturated heterocycles. The maximum absolute atomic E-state index is 12.3. The standard InChI is InChI=1S/C16H28O2.C14H26O2.C11H22O2.C10H20O2.2C2H6/c1-6-15(2,3)14(17)18-16(4,5)13-10-11-7-8-12(13)9-11;1-6-13(2,3)12(15)16-14(4,5)11-9-7-8-10-11;1-7-10(3,4)9(12)13-11(5,6)8-2;1-7-10(5,6)8(11)12-9(2,3)4;2*1-2/h11-13H,6-10H2,1-5H3;11H,6-10H2,1-5H3;7-8H2,1-6H3;7H2,1-6H3;2*1-2H3. The van der Waals surface area contributed by atoms with Crippen LogP contribution in [-0.2, 0) is 38.1 Å². The van der Waals surface area contributed by atoms with Gasteiger partial charge in [-0.05, 0) is 200 Å². The van der Waals surface area contributed by atoms with Crippen molar-refractivity contribution >= 4 is 23.9 Å². The number of fused-ring (bicyclic) bond motifs is 2. The maximum Gasteiger partial charge on any atom is 0.312 e. The summed E-state index contributed by atoms with van der Waals surface area (Å²) >= 11 is 0. The minimum atomic E-state index is -0.372. The van der Waals surface area contributed by atoms with Gasteiger partial charge in [0.05, 0.1) is 21.7 Å². The number of hydrogen-bond donors (Lipinski definition) is 0. The smallest absolute Gasteiger partial charge is 0.312 e. The molecular weight excluding hydrogens is 789 g/mol. The van der Waals surface area contributed by atoms with Crippen molar-refractivity contribution < 1.29 is 38.1 Å². The molecule has 8 nitrogen and oxygen atoms in total. The lowest BCUT2D eigenvalue weighted by molar-refractivity contribution is -0.175. The zero-order valence-corrected chi connectivity index (χ0v) is 46.8. The minimum Gasteiger partial charge on any atom is -0.460 e. The topological polar surface area (TPSA) is 105 Å². The Balaban J connectivity index is -0.000000751. The average Bonchev–Trinajstić information content (AvgIpc) is 4.00. The Morgan fingerprint density at radius 3 is 1.03 bits per heavy atom. The molecule has 3 rings (SSSR count). The van der Waals surface area contributed by atoms with Crippen molar-refractivity contribution in [2.24, 2.45) is 45.3 Å². The van der Waals surface area contributed by atoms with E-state index in [2.05, 4.69) is 27.7 Å². The molecule has 3 fully saturated rings. The molecule has 3 aliphatic carbocycles. The fourth-order valence-electron chi connectivity index (χ4n) is 7.09. The Morgan fingerprint density at radius 2 is 0.746 bits per heavy atom. The van der Waals surface area contributed by atoms with Crippen molar-refractivity contribution in [2.45, 2.75) is 286 Å². The molecule has 0 heterocycles. The van der Waals surface area contributed by atoms with Crippen molar-refractivity contribution in [3.05, 3.63) is 0 Å². The summed E-state index contributed by atoms with van der Waals surface area (Å²) in [6.45, 7) is 51.5. The Morgan fingerprint density at radius 1 is 0.413 bits per heavy atom. The van der Waals surface area contributed by atoms with Crippen molar-refractivity contribution in [1.29, 1.82) is 0 Å². The number of carbonyl (C=O) groups excluding carboxylic acids is 4. The molecule has 0 N–H and O–H groups in total.